The molecule has 0 unspecified atom stereocenters. The molecule has 0 fully saturated rings. The molecule has 6 heteroatoms. The van der Waals surface area contributed by atoms with Gasteiger partial charge >= 0.3 is 0 Å². The Morgan fingerprint density at radius 3 is 3.00 bits per heavy atom. The van der Waals surface area contributed by atoms with Gasteiger partial charge in [-0.15, -0.1) is 11.3 Å². The van der Waals surface area contributed by atoms with Crippen LogP contribution in [-0.2, 0) is 6.54 Å². The predicted molar refractivity (Wildman–Crippen MR) is 65.3 cm³/mol. The Morgan fingerprint density at radius 2 is 2.31 bits per heavy atom. The number of rotatable bonds is 3. The number of hydrogen-bond acceptors (Lipinski definition) is 4. The van der Waals surface area contributed by atoms with Crippen LogP contribution in [0.4, 0.5) is 15.8 Å². The van der Waals surface area contributed by atoms with E-state index in [1.807, 2.05) is 0 Å². The molecule has 2 rings (SSSR count). The molecule has 1 aromatic heterocycles. The smallest absolute Gasteiger partial charge is 0.143 e. The number of nitrogen functional groups attached to an aromatic ring is 1. The van der Waals surface area contributed by atoms with Crippen LogP contribution in [-0.4, -0.2) is 4.98 Å². The van der Waals surface area contributed by atoms with Crippen molar-refractivity contribution in [1.29, 1.82) is 0 Å². The summed E-state index contributed by atoms with van der Waals surface area (Å²) in [5, 5.41) is 3.13. The van der Waals surface area contributed by atoms with Crippen LogP contribution in [0.1, 0.15) is 4.88 Å². The van der Waals surface area contributed by atoms with Gasteiger partial charge in [0.15, 0.2) is 0 Å². The number of benzene rings is 1. The predicted octanol–water partition coefficient (Wildman–Crippen LogP) is 3.13. The van der Waals surface area contributed by atoms with Crippen LogP contribution in [0.2, 0.25) is 5.02 Å². The minimum Gasteiger partial charge on any atom is -0.397 e. The lowest BCUT2D eigenvalue weighted by Gasteiger charge is -2.08. The van der Waals surface area contributed by atoms with Crippen LogP contribution in [0.5, 0.6) is 0 Å². The van der Waals surface area contributed by atoms with Gasteiger partial charge in [0.1, 0.15) is 5.82 Å². The van der Waals surface area contributed by atoms with Crippen LogP contribution < -0.4 is 11.1 Å². The number of aromatic nitrogens is 1. The average molecular weight is 258 g/mol. The number of nitrogens with two attached hydrogens (primary N) is 1. The van der Waals surface area contributed by atoms with Crippen LogP contribution in [0.25, 0.3) is 0 Å². The fourth-order valence-electron chi connectivity index (χ4n) is 1.23. The van der Waals surface area contributed by atoms with Crippen molar-refractivity contribution in [3.05, 3.63) is 39.6 Å². The van der Waals surface area contributed by atoms with E-state index in [4.69, 9.17) is 17.3 Å². The summed E-state index contributed by atoms with van der Waals surface area (Å²) in [4.78, 5) is 5.02. The van der Waals surface area contributed by atoms with Crippen molar-refractivity contribution < 1.29 is 4.39 Å². The molecule has 3 nitrogen and oxygen atoms in total. The van der Waals surface area contributed by atoms with E-state index in [9.17, 15) is 4.39 Å². The summed E-state index contributed by atoms with van der Waals surface area (Å²) in [5.74, 6) is -0.512. The number of halogens is 2. The normalized spacial score (nSPS) is 10.4. The second-order valence-electron chi connectivity index (χ2n) is 3.17. The fraction of sp³-hybridized carbons (Fsp3) is 0.100. The highest BCUT2D eigenvalue weighted by atomic mass is 35.5. The maximum Gasteiger partial charge on any atom is 0.143 e. The lowest BCUT2D eigenvalue weighted by Crippen LogP contribution is -2.02. The Hall–Kier alpha value is -1.33. The summed E-state index contributed by atoms with van der Waals surface area (Å²) in [6.45, 7) is 0.594. The monoisotopic (exact) mass is 257 g/mol. The van der Waals surface area contributed by atoms with Crippen molar-refractivity contribution in [2.75, 3.05) is 11.1 Å². The molecule has 84 valence electrons. The Balaban J connectivity index is 2.12. The lowest BCUT2D eigenvalue weighted by atomic mass is 10.2. The number of thiazole rings is 1. The SMILES string of the molecule is Nc1cc(F)c(Cl)cc1NCc1cncs1. The molecule has 0 aliphatic heterocycles. The first-order valence-corrected chi connectivity index (χ1v) is 5.78. The summed E-state index contributed by atoms with van der Waals surface area (Å²) < 4.78 is 13.0. The van der Waals surface area contributed by atoms with Crippen molar-refractivity contribution in [1.82, 2.24) is 4.98 Å². The van der Waals surface area contributed by atoms with Crippen LogP contribution in [0.3, 0.4) is 0 Å². The molecule has 0 radical (unpaired) electrons. The molecule has 0 spiro atoms. The van der Waals surface area contributed by atoms with Gasteiger partial charge in [-0.25, -0.2) is 4.39 Å². The Morgan fingerprint density at radius 1 is 1.50 bits per heavy atom. The standard InChI is InChI=1S/C10H9ClFN3S/c11-7-1-10(9(13)2-8(7)12)15-4-6-3-14-5-16-6/h1-3,5,15H,4,13H2. The van der Waals surface area contributed by atoms with E-state index in [0.717, 1.165) is 4.88 Å². The third-order valence-electron chi connectivity index (χ3n) is 2.03. The summed E-state index contributed by atoms with van der Waals surface area (Å²) in [7, 11) is 0. The summed E-state index contributed by atoms with van der Waals surface area (Å²) in [6.07, 6.45) is 1.76. The highest BCUT2D eigenvalue weighted by Gasteiger charge is 2.06. The quantitative estimate of drug-likeness (QED) is 0.831. The van der Waals surface area contributed by atoms with Crippen molar-refractivity contribution in [3.63, 3.8) is 0 Å². The number of nitrogens with one attached hydrogen (secondary N) is 1. The topological polar surface area (TPSA) is 50.9 Å². The second kappa shape index (κ2) is 4.67. The van der Waals surface area contributed by atoms with Crippen LogP contribution >= 0.6 is 22.9 Å². The molecular formula is C10H9ClFN3S. The molecule has 0 bridgehead atoms. The van der Waals surface area contributed by atoms with E-state index in [-0.39, 0.29) is 5.02 Å². The zero-order valence-electron chi connectivity index (χ0n) is 8.21. The third kappa shape index (κ3) is 2.43. The van der Waals surface area contributed by atoms with Crippen molar-refractivity contribution in [3.8, 4) is 0 Å². The molecule has 3 N–H and O–H groups in total. The number of hydrogen-bond donors (Lipinski definition) is 2. The first-order chi connectivity index (χ1) is 7.66. The Labute approximate surface area is 101 Å². The Bertz CT molecular complexity index is 487. The van der Waals surface area contributed by atoms with E-state index in [0.29, 0.717) is 17.9 Å². The first-order valence-electron chi connectivity index (χ1n) is 4.52. The zero-order valence-corrected chi connectivity index (χ0v) is 9.78. The van der Waals surface area contributed by atoms with Gasteiger partial charge in [-0.05, 0) is 6.07 Å². The number of nitrogens with zero attached hydrogens (tertiary/aromatic N) is 1. The largest absolute Gasteiger partial charge is 0.397 e. The molecule has 0 atom stereocenters. The van der Waals surface area contributed by atoms with Crippen LogP contribution in [0.15, 0.2) is 23.8 Å². The summed E-state index contributed by atoms with van der Waals surface area (Å²) >= 11 is 7.20. The molecule has 0 amide bonds. The number of anilines is 2. The van der Waals surface area contributed by atoms with Gasteiger partial charge < -0.3 is 11.1 Å². The van der Waals surface area contributed by atoms with Gasteiger partial charge in [0, 0.05) is 17.1 Å². The maximum atomic E-state index is 13.0. The minimum atomic E-state index is -0.512. The fourth-order valence-corrected chi connectivity index (χ4v) is 1.93. The zero-order chi connectivity index (χ0) is 11.5. The molecule has 0 aliphatic rings. The van der Waals surface area contributed by atoms with Crippen molar-refractivity contribution in [2.45, 2.75) is 6.54 Å². The van der Waals surface area contributed by atoms with Gasteiger partial charge in [0.25, 0.3) is 0 Å². The summed E-state index contributed by atoms with van der Waals surface area (Å²) in [5.41, 5.74) is 8.37. The highest BCUT2D eigenvalue weighted by molar-refractivity contribution is 7.09. The van der Waals surface area contributed by atoms with Gasteiger partial charge in [-0.2, -0.15) is 0 Å². The Kier molecular flexibility index (Phi) is 3.26. The molecule has 1 heterocycles. The minimum absolute atomic E-state index is 0.0565. The molecule has 0 saturated carbocycles. The first kappa shape index (κ1) is 11.2. The molecule has 0 aliphatic carbocycles. The highest BCUT2D eigenvalue weighted by Crippen LogP contribution is 2.26. The van der Waals surface area contributed by atoms with Crippen LogP contribution in [0, 0.1) is 5.82 Å². The summed E-state index contributed by atoms with van der Waals surface area (Å²) in [6, 6.07) is 2.69. The van der Waals surface area contributed by atoms with Gasteiger partial charge in [0.05, 0.1) is 28.5 Å². The van der Waals surface area contributed by atoms with E-state index in [2.05, 4.69) is 10.3 Å². The average Bonchev–Trinajstić information content (AvgIpc) is 2.74. The van der Waals surface area contributed by atoms with E-state index >= 15 is 0 Å². The van der Waals surface area contributed by atoms with Gasteiger partial charge in [-0.1, -0.05) is 11.6 Å². The van der Waals surface area contributed by atoms with Gasteiger partial charge in [-0.3, -0.25) is 4.98 Å². The second-order valence-corrected chi connectivity index (χ2v) is 4.55. The molecule has 2 aromatic rings. The molecule has 16 heavy (non-hydrogen) atoms. The van der Waals surface area contributed by atoms with Crippen molar-refractivity contribution >= 4 is 34.3 Å². The maximum absolute atomic E-state index is 13.0. The lowest BCUT2D eigenvalue weighted by molar-refractivity contribution is 0.629. The van der Waals surface area contributed by atoms with E-state index in [1.165, 1.54) is 23.5 Å². The molecule has 0 saturated heterocycles. The molecular weight excluding hydrogens is 249 g/mol. The van der Waals surface area contributed by atoms with E-state index < -0.39 is 5.82 Å². The molecule has 1 aromatic carbocycles. The third-order valence-corrected chi connectivity index (χ3v) is 3.10. The van der Waals surface area contributed by atoms with E-state index in [1.54, 1.807) is 11.7 Å². The van der Waals surface area contributed by atoms with Gasteiger partial charge in [0.2, 0.25) is 0 Å². The van der Waals surface area contributed by atoms with Crippen molar-refractivity contribution in [2.24, 2.45) is 0 Å².